The maximum atomic E-state index is 12.0. The first-order valence-corrected chi connectivity index (χ1v) is 5.93. The summed E-state index contributed by atoms with van der Waals surface area (Å²) in [6, 6.07) is 6.98. The summed E-state index contributed by atoms with van der Waals surface area (Å²) in [4.78, 5) is 24.1. The standard InChI is InChI=1S/C13H18N2O3/c1-2-5-12(16)15(9-8-13(17)18)11-7-4-3-6-10(11)14/h3-4,6-7H,2,5,8-9,14H2,1H3,(H,17,18). The van der Waals surface area contributed by atoms with Gasteiger partial charge in [0.05, 0.1) is 17.8 Å². The molecule has 0 atom stereocenters. The van der Waals surface area contributed by atoms with Crippen molar-refractivity contribution in [3.63, 3.8) is 0 Å². The molecule has 3 N–H and O–H groups in total. The highest BCUT2D eigenvalue weighted by Crippen LogP contribution is 2.23. The van der Waals surface area contributed by atoms with Crippen molar-refractivity contribution in [1.29, 1.82) is 0 Å². The Hall–Kier alpha value is -2.04. The fourth-order valence-electron chi connectivity index (χ4n) is 1.67. The molecule has 0 aliphatic heterocycles. The molecular weight excluding hydrogens is 232 g/mol. The number of carboxylic acids is 1. The van der Waals surface area contributed by atoms with Gasteiger partial charge in [-0.15, -0.1) is 0 Å². The molecule has 1 amide bonds. The summed E-state index contributed by atoms with van der Waals surface area (Å²) < 4.78 is 0. The molecule has 0 bridgehead atoms. The lowest BCUT2D eigenvalue weighted by atomic mass is 10.2. The third-order valence-electron chi connectivity index (χ3n) is 2.54. The lowest BCUT2D eigenvalue weighted by Gasteiger charge is -2.23. The van der Waals surface area contributed by atoms with E-state index in [0.29, 0.717) is 17.8 Å². The third kappa shape index (κ3) is 3.76. The topological polar surface area (TPSA) is 83.6 Å². The van der Waals surface area contributed by atoms with Crippen molar-refractivity contribution in [3.05, 3.63) is 24.3 Å². The molecular formula is C13H18N2O3. The van der Waals surface area contributed by atoms with Crippen LogP contribution in [0.1, 0.15) is 26.2 Å². The van der Waals surface area contributed by atoms with Gasteiger partial charge in [0.25, 0.3) is 0 Å². The molecule has 0 saturated carbocycles. The molecule has 1 aromatic rings. The Morgan fingerprint density at radius 3 is 2.50 bits per heavy atom. The minimum Gasteiger partial charge on any atom is -0.481 e. The molecule has 5 heteroatoms. The van der Waals surface area contributed by atoms with E-state index in [9.17, 15) is 9.59 Å². The highest BCUT2D eigenvalue weighted by molar-refractivity contribution is 5.96. The van der Waals surface area contributed by atoms with Gasteiger partial charge in [-0.05, 0) is 18.6 Å². The monoisotopic (exact) mass is 250 g/mol. The van der Waals surface area contributed by atoms with Crippen molar-refractivity contribution < 1.29 is 14.7 Å². The lowest BCUT2D eigenvalue weighted by molar-refractivity contribution is -0.136. The number of carboxylic acid groups (broad SMARTS) is 1. The van der Waals surface area contributed by atoms with Crippen LogP contribution in [0, 0.1) is 0 Å². The number of nitrogen functional groups attached to an aromatic ring is 1. The van der Waals surface area contributed by atoms with Crippen molar-refractivity contribution in [2.45, 2.75) is 26.2 Å². The van der Waals surface area contributed by atoms with Gasteiger partial charge in [0.1, 0.15) is 0 Å². The third-order valence-corrected chi connectivity index (χ3v) is 2.54. The van der Waals surface area contributed by atoms with Gasteiger partial charge in [0.2, 0.25) is 5.91 Å². The fourth-order valence-corrected chi connectivity index (χ4v) is 1.67. The van der Waals surface area contributed by atoms with E-state index in [2.05, 4.69) is 0 Å². The zero-order chi connectivity index (χ0) is 13.5. The number of anilines is 2. The molecule has 1 rings (SSSR count). The number of aliphatic carboxylic acids is 1. The molecule has 0 aliphatic carbocycles. The maximum absolute atomic E-state index is 12.0. The molecule has 5 nitrogen and oxygen atoms in total. The van der Waals surface area contributed by atoms with Crippen LogP contribution < -0.4 is 10.6 Å². The normalized spacial score (nSPS) is 10.1. The Morgan fingerprint density at radius 1 is 1.28 bits per heavy atom. The largest absolute Gasteiger partial charge is 0.481 e. The van der Waals surface area contributed by atoms with E-state index in [1.54, 1.807) is 24.3 Å². The Morgan fingerprint density at radius 2 is 1.94 bits per heavy atom. The van der Waals surface area contributed by atoms with E-state index in [4.69, 9.17) is 10.8 Å². The minimum absolute atomic E-state index is 0.0935. The SMILES string of the molecule is CCCC(=O)N(CCC(=O)O)c1ccccc1N. The van der Waals surface area contributed by atoms with Crippen LogP contribution in [0.3, 0.4) is 0 Å². The van der Waals surface area contributed by atoms with E-state index in [1.807, 2.05) is 6.92 Å². The quantitative estimate of drug-likeness (QED) is 0.755. The van der Waals surface area contributed by atoms with Crippen molar-refractivity contribution in [3.8, 4) is 0 Å². The Labute approximate surface area is 106 Å². The smallest absolute Gasteiger partial charge is 0.305 e. The van der Waals surface area contributed by atoms with Crippen molar-refractivity contribution in [2.24, 2.45) is 0 Å². The van der Waals surface area contributed by atoms with Crippen LogP contribution in [0.5, 0.6) is 0 Å². The molecule has 98 valence electrons. The van der Waals surface area contributed by atoms with Crippen LogP contribution in [0.4, 0.5) is 11.4 Å². The summed E-state index contributed by atoms with van der Waals surface area (Å²) in [5.74, 6) is -1.03. The van der Waals surface area contributed by atoms with E-state index >= 15 is 0 Å². The average Bonchev–Trinajstić information content (AvgIpc) is 2.31. The molecule has 0 aliphatic rings. The van der Waals surface area contributed by atoms with Gasteiger partial charge in [0, 0.05) is 13.0 Å². The predicted molar refractivity (Wildman–Crippen MR) is 70.4 cm³/mol. The van der Waals surface area contributed by atoms with E-state index in [-0.39, 0.29) is 18.9 Å². The molecule has 1 aromatic carbocycles. The zero-order valence-corrected chi connectivity index (χ0v) is 10.4. The van der Waals surface area contributed by atoms with Gasteiger partial charge in [0.15, 0.2) is 0 Å². The Balaban J connectivity index is 2.93. The van der Waals surface area contributed by atoms with Crippen molar-refractivity contribution in [2.75, 3.05) is 17.2 Å². The second kappa shape index (κ2) is 6.64. The lowest BCUT2D eigenvalue weighted by Crippen LogP contribution is -2.33. The summed E-state index contributed by atoms with van der Waals surface area (Å²) >= 11 is 0. The van der Waals surface area contributed by atoms with Crippen LogP contribution in [0.15, 0.2) is 24.3 Å². The van der Waals surface area contributed by atoms with Crippen LogP contribution in [-0.2, 0) is 9.59 Å². The number of benzene rings is 1. The molecule has 0 heterocycles. The van der Waals surface area contributed by atoms with Gasteiger partial charge in [-0.3, -0.25) is 9.59 Å². The fraction of sp³-hybridized carbons (Fsp3) is 0.385. The molecule has 0 radical (unpaired) electrons. The molecule has 0 aromatic heterocycles. The highest BCUT2D eigenvalue weighted by Gasteiger charge is 2.17. The van der Waals surface area contributed by atoms with Crippen LogP contribution in [0.2, 0.25) is 0 Å². The van der Waals surface area contributed by atoms with Crippen molar-refractivity contribution in [1.82, 2.24) is 0 Å². The minimum atomic E-state index is -0.932. The van der Waals surface area contributed by atoms with Gasteiger partial charge >= 0.3 is 5.97 Å². The number of carbonyl (C=O) groups is 2. The van der Waals surface area contributed by atoms with Crippen molar-refractivity contribution >= 4 is 23.3 Å². The number of hydrogen-bond donors (Lipinski definition) is 2. The maximum Gasteiger partial charge on any atom is 0.305 e. The van der Waals surface area contributed by atoms with Crippen LogP contribution >= 0.6 is 0 Å². The molecule has 18 heavy (non-hydrogen) atoms. The van der Waals surface area contributed by atoms with Crippen LogP contribution in [0.25, 0.3) is 0 Å². The summed E-state index contributed by atoms with van der Waals surface area (Å²) in [5, 5.41) is 8.72. The second-order valence-corrected chi connectivity index (χ2v) is 4.00. The number of carbonyl (C=O) groups excluding carboxylic acids is 1. The summed E-state index contributed by atoms with van der Waals surface area (Å²) in [5.41, 5.74) is 6.88. The molecule has 0 fully saturated rings. The molecule has 0 unspecified atom stereocenters. The van der Waals surface area contributed by atoms with E-state index < -0.39 is 5.97 Å². The summed E-state index contributed by atoms with van der Waals surface area (Å²) in [6.07, 6.45) is 1.01. The highest BCUT2D eigenvalue weighted by atomic mass is 16.4. The number of para-hydroxylation sites is 2. The average molecular weight is 250 g/mol. The number of hydrogen-bond acceptors (Lipinski definition) is 3. The second-order valence-electron chi connectivity index (χ2n) is 4.00. The molecule has 0 saturated heterocycles. The van der Waals surface area contributed by atoms with Gasteiger partial charge in [-0.1, -0.05) is 19.1 Å². The predicted octanol–water partition coefficient (Wildman–Crippen LogP) is 1.88. The Bertz CT molecular complexity index is 432. The number of rotatable bonds is 6. The first-order valence-electron chi connectivity index (χ1n) is 5.93. The summed E-state index contributed by atoms with van der Waals surface area (Å²) in [7, 11) is 0. The first-order chi connectivity index (χ1) is 8.56. The van der Waals surface area contributed by atoms with E-state index in [0.717, 1.165) is 6.42 Å². The molecule has 0 spiro atoms. The zero-order valence-electron chi connectivity index (χ0n) is 10.4. The van der Waals surface area contributed by atoms with Crippen LogP contribution in [-0.4, -0.2) is 23.5 Å². The van der Waals surface area contributed by atoms with Gasteiger partial charge < -0.3 is 15.7 Å². The number of nitrogens with zero attached hydrogens (tertiary/aromatic N) is 1. The number of nitrogens with two attached hydrogens (primary N) is 1. The van der Waals surface area contributed by atoms with Gasteiger partial charge in [-0.25, -0.2) is 0 Å². The van der Waals surface area contributed by atoms with Gasteiger partial charge in [-0.2, -0.15) is 0 Å². The summed E-state index contributed by atoms with van der Waals surface area (Å²) in [6.45, 7) is 2.05. The van der Waals surface area contributed by atoms with E-state index in [1.165, 1.54) is 4.90 Å². The Kier molecular flexibility index (Phi) is 5.17. The first kappa shape index (κ1) is 14.0. The number of amides is 1.